The van der Waals surface area contributed by atoms with E-state index in [1.54, 1.807) is 6.07 Å². The Morgan fingerprint density at radius 2 is 1.82 bits per heavy atom. The SMILES string of the molecule is COC(=O)C[C@@H]1COc2cc(O[C@@H]3CCc4c(-c5c(C)cc(-c6cncnc6)cc5C)ccc(F)c43)ccc21. The summed E-state index contributed by atoms with van der Waals surface area (Å²) >= 11 is 0. The number of hydrogen-bond acceptors (Lipinski definition) is 6. The van der Waals surface area contributed by atoms with E-state index in [1.807, 2.05) is 36.7 Å². The summed E-state index contributed by atoms with van der Waals surface area (Å²) < 4.78 is 32.3. The van der Waals surface area contributed by atoms with Gasteiger partial charge in [-0.15, -0.1) is 0 Å². The molecule has 198 valence electrons. The van der Waals surface area contributed by atoms with Crippen molar-refractivity contribution < 1.29 is 23.4 Å². The normalized spacial score (nSPS) is 17.3. The zero-order valence-electron chi connectivity index (χ0n) is 22.2. The number of halogens is 1. The first-order valence-electron chi connectivity index (χ1n) is 13.1. The van der Waals surface area contributed by atoms with E-state index < -0.39 is 6.10 Å². The van der Waals surface area contributed by atoms with Crippen LogP contribution < -0.4 is 9.47 Å². The van der Waals surface area contributed by atoms with Crippen molar-refractivity contribution in [2.24, 2.45) is 0 Å². The molecule has 39 heavy (non-hydrogen) atoms. The first-order valence-corrected chi connectivity index (χ1v) is 13.1. The fourth-order valence-corrected chi connectivity index (χ4v) is 5.98. The molecule has 0 spiro atoms. The number of rotatable bonds is 6. The summed E-state index contributed by atoms with van der Waals surface area (Å²) in [5.74, 6) is 0.766. The molecule has 6 rings (SSSR count). The summed E-state index contributed by atoms with van der Waals surface area (Å²) in [6.07, 6.45) is 6.42. The van der Waals surface area contributed by atoms with Crippen LogP contribution in [0.1, 0.15) is 52.7 Å². The van der Waals surface area contributed by atoms with E-state index in [9.17, 15) is 4.79 Å². The zero-order chi connectivity index (χ0) is 27.1. The van der Waals surface area contributed by atoms with E-state index in [0.29, 0.717) is 30.1 Å². The van der Waals surface area contributed by atoms with Crippen molar-refractivity contribution in [1.29, 1.82) is 0 Å². The molecule has 3 aromatic carbocycles. The Bertz CT molecular complexity index is 1550. The Labute approximate surface area is 226 Å². The Hall–Kier alpha value is -4.26. The van der Waals surface area contributed by atoms with Gasteiger partial charge in [0.1, 0.15) is 29.7 Å². The lowest BCUT2D eigenvalue weighted by atomic mass is 9.88. The monoisotopic (exact) mass is 524 g/mol. The van der Waals surface area contributed by atoms with E-state index in [4.69, 9.17) is 14.2 Å². The van der Waals surface area contributed by atoms with Gasteiger partial charge in [0.15, 0.2) is 0 Å². The highest BCUT2D eigenvalue weighted by molar-refractivity contribution is 5.79. The molecular weight excluding hydrogens is 495 g/mol. The number of nitrogens with zero attached hydrogens (tertiary/aromatic N) is 2. The fraction of sp³-hybridized carbons (Fsp3) is 0.281. The van der Waals surface area contributed by atoms with E-state index in [-0.39, 0.29) is 24.1 Å². The Morgan fingerprint density at radius 1 is 1.05 bits per heavy atom. The average molecular weight is 525 g/mol. The molecule has 2 atom stereocenters. The molecule has 0 amide bonds. The van der Waals surface area contributed by atoms with Gasteiger partial charge in [0, 0.05) is 41.1 Å². The average Bonchev–Trinajstić information content (AvgIpc) is 3.54. The second-order valence-electron chi connectivity index (χ2n) is 10.2. The first-order chi connectivity index (χ1) is 18.9. The minimum absolute atomic E-state index is 0.0407. The summed E-state index contributed by atoms with van der Waals surface area (Å²) in [6, 6.07) is 13.4. The van der Waals surface area contributed by atoms with Crippen molar-refractivity contribution in [3.63, 3.8) is 0 Å². The van der Waals surface area contributed by atoms with Crippen LogP contribution >= 0.6 is 0 Å². The Balaban J connectivity index is 1.29. The molecule has 0 saturated heterocycles. The molecular formula is C32H29FN2O4. The smallest absolute Gasteiger partial charge is 0.306 e. The van der Waals surface area contributed by atoms with Gasteiger partial charge in [-0.1, -0.05) is 24.3 Å². The second-order valence-corrected chi connectivity index (χ2v) is 10.2. The minimum atomic E-state index is -0.397. The van der Waals surface area contributed by atoms with Crippen molar-refractivity contribution in [3.05, 3.63) is 94.8 Å². The van der Waals surface area contributed by atoms with Crippen LogP contribution in [0, 0.1) is 19.7 Å². The van der Waals surface area contributed by atoms with Gasteiger partial charge in [-0.25, -0.2) is 14.4 Å². The number of fused-ring (bicyclic) bond motifs is 2. The van der Waals surface area contributed by atoms with Crippen molar-refractivity contribution in [2.45, 2.75) is 45.1 Å². The third kappa shape index (κ3) is 4.62. The van der Waals surface area contributed by atoms with E-state index in [0.717, 1.165) is 50.9 Å². The van der Waals surface area contributed by atoms with Crippen LogP contribution in [0.3, 0.4) is 0 Å². The fourth-order valence-electron chi connectivity index (χ4n) is 5.98. The third-order valence-corrected chi connectivity index (χ3v) is 7.76. The van der Waals surface area contributed by atoms with E-state index in [2.05, 4.69) is 35.9 Å². The van der Waals surface area contributed by atoms with Gasteiger partial charge in [-0.2, -0.15) is 0 Å². The number of aryl methyl sites for hydroxylation is 2. The number of hydrogen-bond donors (Lipinski definition) is 0. The van der Waals surface area contributed by atoms with Crippen LogP contribution in [0.4, 0.5) is 4.39 Å². The third-order valence-electron chi connectivity index (χ3n) is 7.76. The van der Waals surface area contributed by atoms with Crippen LogP contribution in [0.5, 0.6) is 11.5 Å². The molecule has 1 aliphatic heterocycles. The highest BCUT2D eigenvalue weighted by Crippen LogP contribution is 2.45. The van der Waals surface area contributed by atoms with Gasteiger partial charge in [-0.3, -0.25) is 4.79 Å². The number of carbonyl (C=O) groups is 1. The molecule has 0 radical (unpaired) electrons. The van der Waals surface area contributed by atoms with Gasteiger partial charge in [-0.05, 0) is 72.2 Å². The summed E-state index contributed by atoms with van der Waals surface area (Å²) in [4.78, 5) is 20.0. The number of aromatic nitrogens is 2. The maximum absolute atomic E-state index is 15.3. The molecule has 1 aliphatic carbocycles. The zero-order valence-corrected chi connectivity index (χ0v) is 22.2. The molecule has 0 unspecified atom stereocenters. The maximum Gasteiger partial charge on any atom is 0.306 e. The predicted molar refractivity (Wildman–Crippen MR) is 145 cm³/mol. The lowest BCUT2D eigenvalue weighted by molar-refractivity contribution is -0.141. The van der Waals surface area contributed by atoms with Crippen molar-refractivity contribution in [2.75, 3.05) is 13.7 Å². The van der Waals surface area contributed by atoms with Gasteiger partial charge in [0.25, 0.3) is 0 Å². The highest BCUT2D eigenvalue weighted by Gasteiger charge is 2.32. The Morgan fingerprint density at radius 3 is 2.56 bits per heavy atom. The van der Waals surface area contributed by atoms with E-state index >= 15 is 4.39 Å². The van der Waals surface area contributed by atoms with Crippen molar-refractivity contribution in [3.8, 4) is 33.8 Å². The van der Waals surface area contributed by atoms with Gasteiger partial charge >= 0.3 is 5.97 Å². The predicted octanol–water partition coefficient (Wildman–Crippen LogP) is 6.67. The topological polar surface area (TPSA) is 70.5 Å². The number of carbonyl (C=O) groups excluding carboxylic acids is 1. The van der Waals surface area contributed by atoms with Gasteiger partial charge < -0.3 is 14.2 Å². The van der Waals surface area contributed by atoms with Gasteiger partial charge in [0.2, 0.25) is 0 Å². The highest BCUT2D eigenvalue weighted by atomic mass is 19.1. The first kappa shape index (κ1) is 25.0. The van der Waals surface area contributed by atoms with Crippen LogP contribution in [0.2, 0.25) is 0 Å². The van der Waals surface area contributed by atoms with Crippen molar-refractivity contribution >= 4 is 5.97 Å². The number of esters is 1. The van der Waals surface area contributed by atoms with Crippen molar-refractivity contribution in [1.82, 2.24) is 9.97 Å². The van der Waals surface area contributed by atoms with Crippen LogP contribution in [0.25, 0.3) is 22.3 Å². The summed E-state index contributed by atoms with van der Waals surface area (Å²) in [7, 11) is 1.39. The largest absolute Gasteiger partial charge is 0.492 e. The molecule has 2 aliphatic rings. The molecule has 2 heterocycles. The molecule has 6 nitrogen and oxygen atoms in total. The minimum Gasteiger partial charge on any atom is -0.492 e. The number of ether oxygens (including phenoxy) is 3. The quantitative estimate of drug-likeness (QED) is 0.262. The van der Waals surface area contributed by atoms with Crippen LogP contribution in [-0.2, 0) is 16.0 Å². The molecule has 1 aromatic heterocycles. The summed E-state index contributed by atoms with van der Waals surface area (Å²) in [5, 5.41) is 0. The summed E-state index contributed by atoms with van der Waals surface area (Å²) in [6.45, 7) is 4.60. The molecule has 0 saturated carbocycles. The Kier molecular flexibility index (Phi) is 6.51. The van der Waals surface area contributed by atoms with Crippen LogP contribution in [0.15, 0.2) is 61.2 Å². The lowest BCUT2D eigenvalue weighted by Crippen LogP contribution is -2.09. The molecule has 4 aromatic rings. The second kappa shape index (κ2) is 10.1. The van der Waals surface area contributed by atoms with E-state index in [1.165, 1.54) is 13.4 Å². The number of benzene rings is 3. The van der Waals surface area contributed by atoms with Gasteiger partial charge in [0.05, 0.1) is 20.1 Å². The number of methoxy groups -OCH3 is 1. The maximum atomic E-state index is 15.3. The lowest BCUT2D eigenvalue weighted by Gasteiger charge is -2.19. The molecule has 0 fully saturated rings. The molecule has 7 heteroatoms. The molecule has 0 bridgehead atoms. The van der Waals surface area contributed by atoms with Crippen LogP contribution in [-0.4, -0.2) is 29.7 Å². The standard InChI is InChI=1S/C32H29FN2O4/c1-18-10-20(22-14-34-17-35-15-22)11-19(2)31(18)25-6-8-27(33)32-26(25)7-9-28(32)39-23-4-5-24-21(12-30(36)37-3)16-38-29(24)13-23/h4-6,8,10-11,13-15,17,21,28H,7,9,12,16H2,1-3H3/t21-,28-/m1/s1. The molecule has 0 N–H and O–H groups in total. The summed E-state index contributed by atoms with van der Waals surface area (Å²) in [5.41, 5.74) is 9.00.